The Morgan fingerprint density at radius 3 is 2.30 bits per heavy atom. The van der Waals surface area contributed by atoms with Crippen LogP contribution in [0.1, 0.15) is 25.0 Å². The molecule has 0 aromatic heterocycles. The molecule has 0 aliphatic carbocycles. The lowest BCUT2D eigenvalue weighted by Gasteiger charge is -2.15. The number of carbonyl (C=O) groups is 2. The Morgan fingerprint density at radius 1 is 1.25 bits per heavy atom. The van der Waals surface area contributed by atoms with Crippen LogP contribution in [0.2, 0.25) is 10.0 Å². The van der Waals surface area contributed by atoms with Crippen molar-refractivity contribution in [3.05, 3.63) is 33.8 Å². The molecule has 0 aliphatic heterocycles. The van der Waals surface area contributed by atoms with Gasteiger partial charge in [-0.25, -0.2) is 0 Å². The van der Waals surface area contributed by atoms with Crippen molar-refractivity contribution in [3.63, 3.8) is 0 Å². The fourth-order valence-electron chi connectivity index (χ4n) is 1.64. The van der Waals surface area contributed by atoms with Gasteiger partial charge in [0.15, 0.2) is 0 Å². The van der Waals surface area contributed by atoms with Gasteiger partial charge >= 0.3 is 0 Å². The highest BCUT2D eigenvalue weighted by molar-refractivity contribution is 6.34. The highest BCUT2D eigenvalue weighted by Crippen LogP contribution is 2.25. The predicted molar refractivity (Wildman–Crippen MR) is 77.7 cm³/mol. The maximum atomic E-state index is 11.7. The molecule has 1 rings (SSSR count). The van der Waals surface area contributed by atoms with Crippen molar-refractivity contribution in [2.24, 2.45) is 0 Å². The first-order chi connectivity index (χ1) is 9.33. The van der Waals surface area contributed by atoms with Gasteiger partial charge in [-0.05, 0) is 30.7 Å². The molecule has 0 saturated carbocycles. The fourth-order valence-corrected chi connectivity index (χ4v) is 2.19. The first-order valence-electron chi connectivity index (χ1n) is 5.98. The summed E-state index contributed by atoms with van der Waals surface area (Å²) in [5, 5.41) is 15.6. The minimum Gasteiger partial charge on any atom is -0.388 e. The lowest BCUT2D eigenvalue weighted by atomic mass is 10.1. The number of amides is 2. The first-order valence-corrected chi connectivity index (χ1v) is 6.74. The smallest absolute Gasteiger partial charge is 0.242 e. The molecule has 1 aromatic carbocycles. The molecule has 0 fully saturated rings. The zero-order chi connectivity index (χ0) is 15.3. The summed E-state index contributed by atoms with van der Waals surface area (Å²) in [6.07, 6.45) is -1.22. The van der Waals surface area contributed by atoms with Crippen LogP contribution in [0.25, 0.3) is 0 Å². The third-order valence-electron chi connectivity index (χ3n) is 2.67. The Bertz CT molecular complexity index is 488. The van der Waals surface area contributed by atoms with Crippen LogP contribution in [0.5, 0.6) is 0 Å². The number of likely N-dealkylation sites (N-methyl/N-ethyl adjacent to an activating group) is 1. The largest absolute Gasteiger partial charge is 0.388 e. The molecule has 1 aromatic rings. The molecular weight excluding hydrogens is 303 g/mol. The van der Waals surface area contributed by atoms with E-state index in [0.29, 0.717) is 15.6 Å². The number of hydrogen-bond acceptors (Lipinski definition) is 3. The molecule has 2 atom stereocenters. The number of rotatable bonds is 5. The number of benzene rings is 1. The van der Waals surface area contributed by atoms with E-state index in [9.17, 15) is 14.7 Å². The number of aliphatic hydroxyl groups is 1. The van der Waals surface area contributed by atoms with Gasteiger partial charge < -0.3 is 15.7 Å². The Hall–Kier alpha value is -1.30. The summed E-state index contributed by atoms with van der Waals surface area (Å²) < 4.78 is 0. The van der Waals surface area contributed by atoms with Crippen LogP contribution in [0.15, 0.2) is 18.2 Å². The van der Waals surface area contributed by atoms with Crippen LogP contribution in [0.4, 0.5) is 0 Å². The van der Waals surface area contributed by atoms with E-state index in [1.54, 1.807) is 6.92 Å². The summed E-state index contributed by atoms with van der Waals surface area (Å²) >= 11 is 11.7. The van der Waals surface area contributed by atoms with Crippen LogP contribution in [0.3, 0.4) is 0 Å². The number of carbonyl (C=O) groups excluding carboxylic acids is 2. The van der Waals surface area contributed by atoms with Gasteiger partial charge in [0.05, 0.1) is 12.5 Å². The molecule has 0 aliphatic rings. The zero-order valence-corrected chi connectivity index (χ0v) is 12.6. The van der Waals surface area contributed by atoms with Crippen LogP contribution in [-0.4, -0.2) is 30.0 Å². The second-order valence-corrected chi connectivity index (χ2v) is 5.20. The van der Waals surface area contributed by atoms with Crippen LogP contribution in [-0.2, 0) is 9.59 Å². The van der Waals surface area contributed by atoms with Gasteiger partial charge in [0, 0.05) is 17.1 Å². The van der Waals surface area contributed by atoms with Gasteiger partial charge in [0.25, 0.3) is 0 Å². The van der Waals surface area contributed by atoms with E-state index < -0.39 is 18.1 Å². The standard InChI is InChI=1S/C13H16Cl2N2O3/c1-7(13(20)16-2)17-12(19)6-11(18)8-3-9(14)5-10(15)4-8/h3-5,7,11,18H,6H2,1-2H3,(H,16,20)(H,17,19)/t7-,11?/m1/s1. The summed E-state index contributed by atoms with van der Waals surface area (Å²) in [5.41, 5.74) is 0.449. The van der Waals surface area contributed by atoms with Crippen LogP contribution >= 0.6 is 23.2 Å². The number of nitrogens with one attached hydrogen (secondary N) is 2. The van der Waals surface area contributed by atoms with Gasteiger partial charge in [-0.2, -0.15) is 0 Å². The molecule has 5 nitrogen and oxygen atoms in total. The van der Waals surface area contributed by atoms with Crippen molar-refractivity contribution >= 4 is 35.0 Å². The quantitative estimate of drug-likeness (QED) is 0.772. The van der Waals surface area contributed by atoms with E-state index in [2.05, 4.69) is 10.6 Å². The van der Waals surface area contributed by atoms with Crippen LogP contribution in [0, 0.1) is 0 Å². The van der Waals surface area contributed by atoms with Gasteiger partial charge in [0.2, 0.25) is 11.8 Å². The van der Waals surface area contributed by atoms with E-state index in [1.807, 2.05) is 0 Å². The third kappa shape index (κ3) is 5.00. The molecule has 3 N–H and O–H groups in total. The molecule has 0 spiro atoms. The van der Waals surface area contributed by atoms with Gasteiger partial charge in [-0.3, -0.25) is 9.59 Å². The summed E-state index contributed by atoms with van der Waals surface area (Å²) in [4.78, 5) is 23.0. The number of aliphatic hydroxyl groups excluding tert-OH is 1. The van der Waals surface area contributed by atoms with Crippen molar-refractivity contribution in [1.29, 1.82) is 0 Å². The SMILES string of the molecule is CNC(=O)[C@@H](C)NC(=O)CC(O)c1cc(Cl)cc(Cl)c1. The molecule has 20 heavy (non-hydrogen) atoms. The normalized spacial score (nSPS) is 13.4. The summed E-state index contributed by atoms with van der Waals surface area (Å²) in [6.45, 7) is 1.55. The van der Waals surface area contributed by atoms with Crippen molar-refractivity contribution in [1.82, 2.24) is 10.6 Å². The lowest BCUT2D eigenvalue weighted by Crippen LogP contribution is -2.43. The van der Waals surface area contributed by atoms with Crippen molar-refractivity contribution < 1.29 is 14.7 Å². The molecule has 0 saturated heterocycles. The van der Waals surface area contributed by atoms with E-state index in [1.165, 1.54) is 25.2 Å². The maximum Gasteiger partial charge on any atom is 0.242 e. The van der Waals surface area contributed by atoms with E-state index in [-0.39, 0.29) is 12.3 Å². The molecular formula is C13H16Cl2N2O3. The van der Waals surface area contributed by atoms with Crippen molar-refractivity contribution in [3.8, 4) is 0 Å². The van der Waals surface area contributed by atoms with Crippen molar-refractivity contribution in [2.45, 2.75) is 25.5 Å². The van der Waals surface area contributed by atoms with Crippen LogP contribution < -0.4 is 10.6 Å². The Kier molecular flexibility index (Phi) is 6.26. The van der Waals surface area contributed by atoms with Crippen molar-refractivity contribution in [2.75, 3.05) is 7.05 Å². The molecule has 0 heterocycles. The second kappa shape index (κ2) is 7.47. The minimum atomic E-state index is -1.04. The topological polar surface area (TPSA) is 78.4 Å². The minimum absolute atomic E-state index is 0.183. The van der Waals surface area contributed by atoms with E-state index >= 15 is 0 Å². The van der Waals surface area contributed by atoms with Gasteiger partial charge in [-0.1, -0.05) is 23.2 Å². The first kappa shape index (κ1) is 16.8. The molecule has 1 unspecified atom stereocenters. The summed E-state index contributed by atoms with van der Waals surface area (Å²) in [7, 11) is 1.48. The molecule has 0 bridgehead atoms. The van der Waals surface area contributed by atoms with Gasteiger partial charge in [0.1, 0.15) is 6.04 Å². The summed E-state index contributed by atoms with van der Waals surface area (Å²) in [5.74, 6) is -0.747. The van der Waals surface area contributed by atoms with E-state index in [4.69, 9.17) is 23.2 Å². The average Bonchev–Trinajstić information content (AvgIpc) is 2.36. The highest BCUT2D eigenvalue weighted by Gasteiger charge is 2.18. The highest BCUT2D eigenvalue weighted by atomic mass is 35.5. The van der Waals surface area contributed by atoms with Gasteiger partial charge in [-0.15, -0.1) is 0 Å². The maximum absolute atomic E-state index is 11.7. The Labute approximate surface area is 127 Å². The predicted octanol–water partition coefficient (Wildman–Crippen LogP) is 1.67. The average molecular weight is 319 g/mol. The molecule has 2 amide bonds. The monoisotopic (exact) mass is 318 g/mol. The zero-order valence-electron chi connectivity index (χ0n) is 11.1. The molecule has 0 radical (unpaired) electrons. The fraction of sp³-hybridized carbons (Fsp3) is 0.385. The van der Waals surface area contributed by atoms with E-state index in [0.717, 1.165) is 0 Å². The molecule has 110 valence electrons. The number of halogens is 2. The lowest BCUT2D eigenvalue weighted by molar-refractivity contribution is -0.129. The second-order valence-electron chi connectivity index (χ2n) is 4.33. The third-order valence-corrected chi connectivity index (χ3v) is 3.10. The summed E-state index contributed by atoms with van der Waals surface area (Å²) in [6, 6.07) is 3.94. The Balaban J connectivity index is 2.63. The molecule has 7 heteroatoms. The Morgan fingerprint density at radius 2 is 1.80 bits per heavy atom. The number of hydrogen-bond donors (Lipinski definition) is 3.